The maximum absolute atomic E-state index is 12.1. The van der Waals surface area contributed by atoms with Crippen LogP contribution in [0.2, 0.25) is 0 Å². The molecule has 2 aromatic rings. The van der Waals surface area contributed by atoms with Crippen molar-refractivity contribution in [2.24, 2.45) is 0 Å². The average molecular weight is 327 g/mol. The van der Waals surface area contributed by atoms with Crippen molar-refractivity contribution in [1.29, 1.82) is 0 Å². The molecule has 24 heavy (non-hydrogen) atoms. The summed E-state index contributed by atoms with van der Waals surface area (Å²) in [6.07, 6.45) is 2.62. The van der Waals surface area contributed by atoms with Crippen LogP contribution >= 0.6 is 0 Å². The van der Waals surface area contributed by atoms with Gasteiger partial charge >= 0.3 is 6.03 Å². The zero-order chi connectivity index (χ0) is 17.1. The van der Waals surface area contributed by atoms with E-state index in [9.17, 15) is 4.79 Å². The molecule has 0 fully saturated rings. The average Bonchev–Trinajstić information content (AvgIpc) is 3.02. The van der Waals surface area contributed by atoms with Crippen molar-refractivity contribution in [3.05, 3.63) is 46.8 Å². The second-order valence-electron chi connectivity index (χ2n) is 5.77. The molecule has 0 saturated carbocycles. The van der Waals surface area contributed by atoms with Gasteiger partial charge in [0.05, 0.1) is 26.0 Å². The molecule has 2 N–H and O–H groups in total. The van der Waals surface area contributed by atoms with E-state index < -0.39 is 0 Å². The molecular formula is C18H21N3O3. The van der Waals surface area contributed by atoms with Crippen LogP contribution in [0, 0.1) is 13.8 Å². The smallest absolute Gasteiger partial charge is 0.319 e. The van der Waals surface area contributed by atoms with Gasteiger partial charge in [-0.3, -0.25) is 4.98 Å². The van der Waals surface area contributed by atoms with E-state index in [2.05, 4.69) is 15.6 Å². The van der Waals surface area contributed by atoms with Gasteiger partial charge in [-0.15, -0.1) is 0 Å². The molecule has 0 spiro atoms. The van der Waals surface area contributed by atoms with Gasteiger partial charge in [-0.05, 0) is 37.6 Å². The van der Waals surface area contributed by atoms with Crippen LogP contribution in [0.25, 0.3) is 0 Å². The minimum Gasteiger partial charge on any atom is -0.496 e. The largest absolute Gasteiger partial charge is 0.496 e. The molecule has 0 aliphatic carbocycles. The molecule has 6 heteroatoms. The Kier molecular flexibility index (Phi) is 4.55. The highest BCUT2D eigenvalue weighted by Crippen LogP contribution is 2.28. The summed E-state index contributed by atoms with van der Waals surface area (Å²) < 4.78 is 10.8. The molecule has 2 amide bonds. The number of ether oxygens (including phenoxy) is 2. The summed E-state index contributed by atoms with van der Waals surface area (Å²) in [5.74, 6) is 1.70. The Bertz CT molecular complexity index is 774. The number of anilines is 1. The third-order valence-electron chi connectivity index (χ3n) is 4.11. The fraction of sp³-hybridized carbons (Fsp3) is 0.333. The van der Waals surface area contributed by atoms with E-state index in [0.717, 1.165) is 46.0 Å². The molecule has 0 saturated heterocycles. The van der Waals surface area contributed by atoms with Crippen molar-refractivity contribution in [2.45, 2.75) is 26.8 Å². The van der Waals surface area contributed by atoms with Crippen LogP contribution in [-0.4, -0.2) is 24.7 Å². The van der Waals surface area contributed by atoms with Gasteiger partial charge in [0.1, 0.15) is 11.5 Å². The predicted molar refractivity (Wildman–Crippen MR) is 91.8 cm³/mol. The first-order chi connectivity index (χ1) is 11.6. The summed E-state index contributed by atoms with van der Waals surface area (Å²) in [6, 6.07) is 5.39. The SMILES string of the molecule is COc1c(C)cnc(CNC(=O)Nc2ccc3c(c2)CCO3)c1C. The van der Waals surface area contributed by atoms with Gasteiger partial charge in [0, 0.05) is 29.4 Å². The van der Waals surface area contributed by atoms with Gasteiger partial charge in [-0.2, -0.15) is 0 Å². The van der Waals surface area contributed by atoms with Crippen LogP contribution in [0.1, 0.15) is 22.4 Å². The fourth-order valence-corrected chi connectivity index (χ4v) is 2.85. The zero-order valence-electron chi connectivity index (χ0n) is 14.1. The number of nitrogens with one attached hydrogen (secondary N) is 2. The number of pyridine rings is 1. The Morgan fingerprint density at radius 1 is 1.38 bits per heavy atom. The first kappa shape index (κ1) is 16.1. The molecule has 6 nitrogen and oxygen atoms in total. The molecule has 1 aromatic heterocycles. The lowest BCUT2D eigenvalue weighted by molar-refractivity contribution is 0.251. The van der Waals surface area contributed by atoms with Crippen LogP contribution in [0.5, 0.6) is 11.5 Å². The molecule has 3 rings (SSSR count). The number of aryl methyl sites for hydroxylation is 1. The van der Waals surface area contributed by atoms with Crippen LogP contribution < -0.4 is 20.1 Å². The van der Waals surface area contributed by atoms with Gasteiger partial charge in [-0.25, -0.2) is 4.79 Å². The molecule has 1 aliphatic rings. The highest BCUT2D eigenvalue weighted by Gasteiger charge is 2.14. The Morgan fingerprint density at radius 2 is 2.21 bits per heavy atom. The van der Waals surface area contributed by atoms with Crippen LogP contribution in [0.15, 0.2) is 24.4 Å². The number of benzene rings is 1. The van der Waals surface area contributed by atoms with Crippen molar-refractivity contribution in [2.75, 3.05) is 19.0 Å². The van der Waals surface area contributed by atoms with E-state index in [1.807, 2.05) is 32.0 Å². The second-order valence-corrected chi connectivity index (χ2v) is 5.77. The molecule has 0 unspecified atom stereocenters. The normalized spacial score (nSPS) is 12.3. The van der Waals surface area contributed by atoms with Crippen molar-refractivity contribution in [1.82, 2.24) is 10.3 Å². The number of rotatable bonds is 4. The molecule has 0 atom stereocenters. The quantitative estimate of drug-likeness (QED) is 0.905. The summed E-state index contributed by atoms with van der Waals surface area (Å²) in [7, 11) is 1.64. The van der Waals surface area contributed by atoms with E-state index in [0.29, 0.717) is 13.2 Å². The lowest BCUT2D eigenvalue weighted by Crippen LogP contribution is -2.29. The first-order valence-electron chi connectivity index (χ1n) is 7.88. The van der Waals surface area contributed by atoms with E-state index in [4.69, 9.17) is 9.47 Å². The molecule has 1 aromatic carbocycles. The van der Waals surface area contributed by atoms with Gasteiger partial charge in [0.2, 0.25) is 0 Å². The van der Waals surface area contributed by atoms with Crippen LogP contribution in [0.3, 0.4) is 0 Å². The molecule has 2 heterocycles. The van der Waals surface area contributed by atoms with Crippen LogP contribution in [-0.2, 0) is 13.0 Å². The van der Waals surface area contributed by atoms with E-state index in [1.165, 1.54) is 0 Å². The maximum Gasteiger partial charge on any atom is 0.319 e. The van der Waals surface area contributed by atoms with Crippen molar-refractivity contribution in [3.8, 4) is 11.5 Å². The van der Waals surface area contributed by atoms with E-state index in [1.54, 1.807) is 13.3 Å². The number of amides is 2. The molecule has 0 bridgehead atoms. The van der Waals surface area contributed by atoms with E-state index in [-0.39, 0.29) is 6.03 Å². The number of methoxy groups -OCH3 is 1. The van der Waals surface area contributed by atoms with Crippen LogP contribution in [0.4, 0.5) is 10.5 Å². The van der Waals surface area contributed by atoms with Gasteiger partial charge in [0.25, 0.3) is 0 Å². The molecule has 0 radical (unpaired) electrons. The number of aromatic nitrogens is 1. The molecule has 1 aliphatic heterocycles. The Morgan fingerprint density at radius 3 is 3.00 bits per heavy atom. The van der Waals surface area contributed by atoms with E-state index >= 15 is 0 Å². The predicted octanol–water partition coefficient (Wildman–Crippen LogP) is 2.96. The highest BCUT2D eigenvalue weighted by molar-refractivity contribution is 5.89. The van der Waals surface area contributed by atoms with Gasteiger partial charge < -0.3 is 20.1 Å². The molecular weight excluding hydrogens is 306 g/mol. The molecule has 126 valence electrons. The number of carbonyl (C=O) groups is 1. The number of hydrogen-bond acceptors (Lipinski definition) is 4. The third-order valence-corrected chi connectivity index (χ3v) is 4.11. The monoisotopic (exact) mass is 327 g/mol. The lowest BCUT2D eigenvalue weighted by Gasteiger charge is -2.13. The topological polar surface area (TPSA) is 72.5 Å². The summed E-state index contributed by atoms with van der Waals surface area (Å²) in [5.41, 5.74) is 4.57. The lowest BCUT2D eigenvalue weighted by atomic mass is 10.1. The second kappa shape index (κ2) is 6.78. The minimum atomic E-state index is -0.269. The number of nitrogens with zero attached hydrogens (tertiary/aromatic N) is 1. The van der Waals surface area contributed by atoms with Crippen molar-refractivity contribution < 1.29 is 14.3 Å². The standard InChI is InChI=1S/C18H21N3O3/c1-11-9-19-15(12(2)17(11)23-3)10-20-18(22)21-14-4-5-16-13(8-14)6-7-24-16/h4-5,8-9H,6-7,10H2,1-3H3,(H2,20,21,22). The fourth-order valence-electron chi connectivity index (χ4n) is 2.85. The minimum absolute atomic E-state index is 0.269. The summed E-state index contributed by atoms with van der Waals surface area (Å²) >= 11 is 0. The Hall–Kier alpha value is -2.76. The highest BCUT2D eigenvalue weighted by atomic mass is 16.5. The van der Waals surface area contributed by atoms with Crippen molar-refractivity contribution in [3.63, 3.8) is 0 Å². The van der Waals surface area contributed by atoms with Gasteiger partial charge in [-0.1, -0.05) is 0 Å². The Balaban J connectivity index is 1.62. The number of hydrogen-bond donors (Lipinski definition) is 2. The zero-order valence-corrected chi connectivity index (χ0v) is 14.1. The number of fused-ring (bicyclic) bond motifs is 1. The Labute approximate surface area is 141 Å². The number of carbonyl (C=O) groups excluding carboxylic acids is 1. The maximum atomic E-state index is 12.1. The first-order valence-corrected chi connectivity index (χ1v) is 7.88. The summed E-state index contributed by atoms with van der Waals surface area (Å²) in [4.78, 5) is 16.5. The summed E-state index contributed by atoms with van der Waals surface area (Å²) in [5, 5.41) is 5.66. The van der Waals surface area contributed by atoms with Gasteiger partial charge in [0.15, 0.2) is 0 Å². The van der Waals surface area contributed by atoms with Crippen molar-refractivity contribution >= 4 is 11.7 Å². The third kappa shape index (κ3) is 3.27. The number of urea groups is 1. The summed E-state index contributed by atoms with van der Waals surface area (Å²) in [6.45, 7) is 4.92.